The van der Waals surface area contributed by atoms with E-state index in [2.05, 4.69) is 15.5 Å². The molecule has 2 rings (SSSR count). The Morgan fingerprint density at radius 2 is 2.30 bits per heavy atom. The number of rotatable bonds is 6. The van der Waals surface area contributed by atoms with E-state index >= 15 is 0 Å². The molecule has 8 heteroatoms. The highest BCUT2D eigenvalue weighted by Crippen LogP contribution is 2.27. The Morgan fingerprint density at radius 3 is 2.95 bits per heavy atom. The SMILES string of the molecule is COCCn1ncc(Cl)c1C(NN)c1cncc(F)c1. The molecule has 0 spiro atoms. The molecule has 0 aromatic carbocycles. The number of ether oxygens (including phenoxy) is 1. The summed E-state index contributed by atoms with van der Waals surface area (Å²) in [5.41, 5.74) is 3.81. The minimum Gasteiger partial charge on any atom is -0.383 e. The molecule has 1 atom stereocenters. The van der Waals surface area contributed by atoms with Crippen LogP contribution in [-0.4, -0.2) is 28.5 Å². The van der Waals surface area contributed by atoms with Crippen LogP contribution in [0, 0.1) is 5.82 Å². The molecule has 0 amide bonds. The zero-order valence-corrected chi connectivity index (χ0v) is 11.6. The van der Waals surface area contributed by atoms with Crippen molar-refractivity contribution in [3.05, 3.63) is 46.8 Å². The molecule has 2 aromatic heterocycles. The third-order valence-electron chi connectivity index (χ3n) is 2.84. The van der Waals surface area contributed by atoms with Gasteiger partial charge in [-0.1, -0.05) is 11.6 Å². The third kappa shape index (κ3) is 3.13. The van der Waals surface area contributed by atoms with Crippen molar-refractivity contribution in [1.29, 1.82) is 0 Å². The summed E-state index contributed by atoms with van der Waals surface area (Å²) in [5, 5.41) is 4.60. The molecule has 0 saturated heterocycles. The number of nitrogens with one attached hydrogen (secondary N) is 1. The molecule has 0 aliphatic rings. The lowest BCUT2D eigenvalue weighted by Gasteiger charge is -2.18. The van der Waals surface area contributed by atoms with E-state index in [0.717, 1.165) is 6.20 Å². The van der Waals surface area contributed by atoms with E-state index in [-0.39, 0.29) is 0 Å². The maximum absolute atomic E-state index is 13.3. The monoisotopic (exact) mass is 299 g/mol. The van der Waals surface area contributed by atoms with Crippen LogP contribution in [0.25, 0.3) is 0 Å². The molecule has 0 aliphatic heterocycles. The van der Waals surface area contributed by atoms with Crippen LogP contribution in [0.3, 0.4) is 0 Å². The maximum atomic E-state index is 13.3. The normalized spacial score (nSPS) is 12.6. The van der Waals surface area contributed by atoms with Crippen molar-refractivity contribution in [3.8, 4) is 0 Å². The molecule has 0 radical (unpaired) electrons. The van der Waals surface area contributed by atoms with Gasteiger partial charge >= 0.3 is 0 Å². The molecule has 3 N–H and O–H groups in total. The minimum atomic E-state index is -0.509. The zero-order valence-electron chi connectivity index (χ0n) is 10.9. The summed E-state index contributed by atoms with van der Waals surface area (Å²) < 4.78 is 20.0. The summed E-state index contributed by atoms with van der Waals surface area (Å²) >= 11 is 6.15. The van der Waals surface area contributed by atoms with E-state index in [1.807, 2.05) is 0 Å². The van der Waals surface area contributed by atoms with Crippen LogP contribution in [0.2, 0.25) is 5.02 Å². The Hall–Kier alpha value is -1.54. The van der Waals surface area contributed by atoms with Crippen molar-refractivity contribution >= 4 is 11.6 Å². The number of hydrazine groups is 1. The van der Waals surface area contributed by atoms with Crippen LogP contribution in [0.4, 0.5) is 4.39 Å². The smallest absolute Gasteiger partial charge is 0.141 e. The summed E-state index contributed by atoms with van der Waals surface area (Å²) in [6.07, 6.45) is 4.17. The lowest BCUT2D eigenvalue weighted by atomic mass is 10.1. The molecular weight excluding hydrogens is 285 g/mol. The van der Waals surface area contributed by atoms with E-state index in [1.165, 1.54) is 18.5 Å². The third-order valence-corrected chi connectivity index (χ3v) is 3.13. The van der Waals surface area contributed by atoms with Gasteiger partial charge in [0.05, 0.1) is 42.3 Å². The molecule has 2 aromatic rings. The highest BCUT2D eigenvalue weighted by Gasteiger charge is 2.21. The first kappa shape index (κ1) is 14.9. The van der Waals surface area contributed by atoms with Gasteiger partial charge in [0.1, 0.15) is 5.82 Å². The summed E-state index contributed by atoms with van der Waals surface area (Å²) in [6.45, 7) is 0.989. The molecule has 0 aliphatic carbocycles. The Balaban J connectivity index is 2.38. The van der Waals surface area contributed by atoms with Gasteiger partial charge in [-0.25, -0.2) is 9.82 Å². The number of pyridine rings is 1. The molecular formula is C12H15ClFN5O. The second-order valence-corrected chi connectivity index (χ2v) is 4.54. The Kier molecular flexibility index (Phi) is 5.02. The highest BCUT2D eigenvalue weighted by molar-refractivity contribution is 6.31. The number of hydrogen-bond acceptors (Lipinski definition) is 5. The fourth-order valence-electron chi connectivity index (χ4n) is 1.93. The van der Waals surface area contributed by atoms with Crippen molar-refractivity contribution in [2.24, 2.45) is 5.84 Å². The predicted molar refractivity (Wildman–Crippen MR) is 72.5 cm³/mol. The van der Waals surface area contributed by atoms with E-state index in [1.54, 1.807) is 11.8 Å². The van der Waals surface area contributed by atoms with Gasteiger partial charge in [0.25, 0.3) is 0 Å². The summed E-state index contributed by atoms with van der Waals surface area (Å²) in [6, 6.07) is 0.840. The van der Waals surface area contributed by atoms with Crippen LogP contribution in [0.1, 0.15) is 17.3 Å². The first-order chi connectivity index (χ1) is 9.67. The number of hydrogen-bond donors (Lipinski definition) is 2. The largest absolute Gasteiger partial charge is 0.383 e. The summed E-state index contributed by atoms with van der Waals surface area (Å²) in [7, 11) is 1.60. The summed E-state index contributed by atoms with van der Waals surface area (Å²) in [5.74, 6) is 5.14. The molecule has 6 nitrogen and oxygen atoms in total. The Morgan fingerprint density at radius 1 is 1.50 bits per heavy atom. The van der Waals surface area contributed by atoms with Gasteiger partial charge in [0.2, 0.25) is 0 Å². The van der Waals surface area contributed by atoms with Crippen LogP contribution >= 0.6 is 11.6 Å². The first-order valence-electron chi connectivity index (χ1n) is 5.94. The van der Waals surface area contributed by atoms with Gasteiger partial charge in [0.15, 0.2) is 0 Å². The average molecular weight is 300 g/mol. The van der Waals surface area contributed by atoms with Crippen molar-refractivity contribution in [1.82, 2.24) is 20.2 Å². The fourth-order valence-corrected chi connectivity index (χ4v) is 2.18. The first-order valence-corrected chi connectivity index (χ1v) is 6.32. The molecule has 20 heavy (non-hydrogen) atoms. The van der Waals surface area contributed by atoms with E-state index < -0.39 is 11.9 Å². The Bertz CT molecular complexity index is 577. The molecule has 2 heterocycles. The lowest BCUT2D eigenvalue weighted by molar-refractivity contribution is 0.182. The topological polar surface area (TPSA) is 78.0 Å². The lowest BCUT2D eigenvalue weighted by Crippen LogP contribution is -2.31. The maximum Gasteiger partial charge on any atom is 0.141 e. The van der Waals surface area contributed by atoms with Crippen LogP contribution in [-0.2, 0) is 11.3 Å². The molecule has 108 valence electrons. The van der Waals surface area contributed by atoms with Crippen molar-refractivity contribution in [3.63, 3.8) is 0 Å². The number of nitrogens with zero attached hydrogens (tertiary/aromatic N) is 3. The van der Waals surface area contributed by atoms with Gasteiger partial charge in [-0.2, -0.15) is 5.10 Å². The average Bonchev–Trinajstić information content (AvgIpc) is 2.79. The van der Waals surface area contributed by atoms with Crippen LogP contribution in [0.5, 0.6) is 0 Å². The number of nitrogens with two attached hydrogens (primary N) is 1. The molecule has 1 unspecified atom stereocenters. The van der Waals surface area contributed by atoms with Crippen LogP contribution in [0.15, 0.2) is 24.7 Å². The standard InChI is InChI=1S/C12H15ClFN5O/c1-20-3-2-19-12(10(13)7-17-19)11(18-15)8-4-9(14)6-16-5-8/h4-7,11,18H,2-3,15H2,1H3. The van der Waals surface area contributed by atoms with Gasteiger partial charge in [-0.15, -0.1) is 0 Å². The molecule has 0 fully saturated rings. The zero-order chi connectivity index (χ0) is 14.5. The van der Waals surface area contributed by atoms with Crippen molar-refractivity contribution in [2.45, 2.75) is 12.6 Å². The quantitative estimate of drug-likeness (QED) is 0.620. The fraction of sp³-hybridized carbons (Fsp3) is 0.333. The van der Waals surface area contributed by atoms with Gasteiger partial charge in [-0.3, -0.25) is 15.5 Å². The predicted octanol–water partition coefficient (Wildman–Crippen LogP) is 1.27. The second-order valence-electron chi connectivity index (χ2n) is 4.13. The summed E-state index contributed by atoms with van der Waals surface area (Å²) in [4.78, 5) is 3.82. The van der Waals surface area contributed by atoms with Crippen molar-refractivity contribution < 1.29 is 9.13 Å². The van der Waals surface area contributed by atoms with Gasteiger partial charge < -0.3 is 4.74 Å². The van der Waals surface area contributed by atoms with Crippen LogP contribution < -0.4 is 11.3 Å². The number of methoxy groups -OCH3 is 1. The van der Waals surface area contributed by atoms with E-state index in [9.17, 15) is 4.39 Å². The number of aromatic nitrogens is 3. The minimum absolute atomic E-state index is 0.438. The Labute approximate surface area is 120 Å². The molecule has 0 bridgehead atoms. The van der Waals surface area contributed by atoms with E-state index in [4.69, 9.17) is 22.2 Å². The van der Waals surface area contributed by atoms with Crippen molar-refractivity contribution in [2.75, 3.05) is 13.7 Å². The second kappa shape index (κ2) is 6.76. The van der Waals surface area contributed by atoms with E-state index in [0.29, 0.717) is 29.4 Å². The number of halogens is 2. The highest BCUT2D eigenvalue weighted by atomic mass is 35.5. The molecule has 0 saturated carbocycles. The van der Waals surface area contributed by atoms with Gasteiger partial charge in [0, 0.05) is 13.3 Å². The van der Waals surface area contributed by atoms with Gasteiger partial charge in [-0.05, 0) is 11.6 Å².